The highest BCUT2D eigenvalue weighted by Crippen LogP contribution is 2.19. The molecule has 0 radical (unpaired) electrons. The van der Waals surface area contributed by atoms with E-state index in [1.165, 1.54) is 25.9 Å². The minimum atomic E-state index is 0. The Bertz CT molecular complexity index is 148. The number of hydrogen-bond donors (Lipinski definition) is 2. The molecule has 2 N–H and O–H groups in total. The molecule has 3 nitrogen and oxygen atoms in total. The Labute approximate surface area is 98.1 Å². The lowest BCUT2D eigenvalue weighted by atomic mass is 10.2. The Morgan fingerprint density at radius 1 is 1.14 bits per heavy atom. The highest BCUT2D eigenvalue weighted by atomic mass is 35.5. The lowest BCUT2D eigenvalue weighted by Crippen LogP contribution is -2.51. The van der Waals surface area contributed by atoms with E-state index in [0.29, 0.717) is 6.61 Å². The van der Waals surface area contributed by atoms with Crippen LogP contribution in [-0.4, -0.2) is 48.3 Å². The molecule has 2 fully saturated rings. The molecule has 2 aliphatic rings. The van der Waals surface area contributed by atoms with E-state index < -0.39 is 0 Å². The van der Waals surface area contributed by atoms with Gasteiger partial charge in [0.25, 0.3) is 0 Å². The van der Waals surface area contributed by atoms with Gasteiger partial charge in [-0.1, -0.05) is 0 Å². The van der Waals surface area contributed by atoms with E-state index in [2.05, 4.69) is 10.2 Å². The number of rotatable bonds is 3. The second-order valence-corrected chi connectivity index (χ2v) is 3.97. The minimum Gasteiger partial charge on any atom is -0.396 e. The third-order valence-electron chi connectivity index (χ3n) is 2.92. The molecule has 2 rings (SSSR count). The first-order valence-electron chi connectivity index (χ1n) is 4.98. The van der Waals surface area contributed by atoms with Crippen LogP contribution in [0.15, 0.2) is 0 Å². The van der Waals surface area contributed by atoms with E-state index in [0.717, 1.165) is 25.0 Å². The zero-order valence-corrected chi connectivity index (χ0v) is 9.95. The third kappa shape index (κ3) is 3.55. The number of hydrogen-bond acceptors (Lipinski definition) is 3. The van der Waals surface area contributed by atoms with Gasteiger partial charge in [-0.2, -0.15) is 0 Å². The molecule has 0 saturated carbocycles. The zero-order chi connectivity index (χ0) is 8.39. The molecule has 86 valence electrons. The SMILES string of the molecule is Cl.Cl.OCCCN1CC2CCC(C1)N2. The predicted molar refractivity (Wildman–Crippen MR) is 62.6 cm³/mol. The highest BCUT2D eigenvalue weighted by Gasteiger charge is 2.31. The van der Waals surface area contributed by atoms with Crippen molar-refractivity contribution in [2.75, 3.05) is 26.2 Å². The fourth-order valence-corrected chi connectivity index (χ4v) is 2.37. The van der Waals surface area contributed by atoms with Crippen molar-refractivity contribution in [1.82, 2.24) is 10.2 Å². The van der Waals surface area contributed by atoms with E-state index in [1.54, 1.807) is 0 Å². The monoisotopic (exact) mass is 242 g/mol. The molecule has 0 aromatic rings. The Hall–Kier alpha value is 0.460. The molecule has 2 aliphatic heterocycles. The lowest BCUT2D eigenvalue weighted by Gasteiger charge is -2.32. The van der Waals surface area contributed by atoms with Crippen LogP contribution in [0.5, 0.6) is 0 Å². The van der Waals surface area contributed by atoms with Crippen LogP contribution in [0.2, 0.25) is 0 Å². The summed E-state index contributed by atoms with van der Waals surface area (Å²) in [5.41, 5.74) is 0. The van der Waals surface area contributed by atoms with Crippen LogP contribution in [0.1, 0.15) is 19.3 Å². The molecular formula is C9H20Cl2N2O. The molecule has 2 unspecified atom stereocenters. The smallest absolute Gasteiger partial charge is 0.0443 e. The summed E-state index contributed by atoms with van der Waals surface area (Å²) in [5, 5.41) is 12.3. The average molecular weight is 243 g/mol. The van der Waals surface area contributed by atoms with Crippen molar-refractivity contribution in [3.8, 4) is 0 Å². The topological polar surface area (TPSA) is 35.5 Å². The summed E-state index contributed by atoms with van der Waals surface area (Å²) in [6.07, 6.45) is 3.63. The van der Waals surface area contributed by atoms with Crippen molar-refractivity contribution in [2.45, 2.75) is 31.3 Å². The van der Waals surface area contributed by atoms with Crippen LogP contribution in [0.25, 0.3) is 0 Å². The third-order valence-corrected chi connectivity index (χ3v) is 2.92. The van der Waals surface area contributed by atoms with Crippen molar-refractivity contribution < 1.29 is 5.11 Å². The fourth-order valence-electron chi connectivity index (χ4n) is 2.37. The number of fused-ring (bicyclic) bond motifs is 2. The van der Waals surface area contributed by atoms with E-state index in [4.69, 9.17) is 5.11 Å². The maximum atomic E-state index is 8.70. The molecule has 0 amide bonds. The molecule has 0 aromatic carbocycles. The summed E-state index contributed by atoms with van der Waals surface area (Å²) in [5.74, 6) is 0. The van der Waals surface area contributed by atoms with E-state index >= 15 is 0 Å². The van der Waals surface area contributed by atoms with Gasteiger partial charge in [0.1, 0.15) is 0 Å². The Morgan fingerprint density at radius 2 is 1.71 bits per heavy atom. The predicted octanol–water partition coefficient (Wildman–Crippen LogP) is 0.649. The number of likely N-dealkylation sites (tertiary alicyclic amines) is 1. The van der Waals surface area contributed by atoms with E-state index in [9.17, 15) is 0 Å². The van der Waals surface area contributed by atoms with Crippen molar-refractivity contribution in [2.24, 2.45) is 0 Å². The Balaban J connectivity index is 0.000000845. The van der Waals surface area contributed by atoms with Gasteiger partial charge in [-0.25, -0.2) is 0 Å². The number of nitrogens with one attached hydrogen (secondary N) is 1. The number of piperazine rings is 1. The van der Waals surface area contributed by atoms with Gasteiger partial charge in [0, 0.05) is 38.3 Å². The molecule has 2 atom stereocenters. The molecule has 5 heteroatoms. The van der Waals surface area contributed by atoms with Gasteiger partial charge in [0.05, 0.1) is 0 Å². The first-order chi connectivity index (χ1) is 5.88. The van der Waals surface area contributed by atoms with Crippen LogP contribution >= 0.6 is 24.8 Å². The highest BCUT2D eigenvalue weighted by molar-refractivity contribution is 5.85. The summed E-state index contributed by atoms with van der Waals surface area (Å²) in [6, 6.07) is 1.48. The van der Waals surface area contributed by atoms with Crippen LogP contribution < -0.4 is 5.32 Å². The van der Waals surface area contributed by atoms with Gasteiger partial charge in [0.2, 0.25) is 0 Å². The molecule has 2 saturated heterocycles. The second-order valence-electron chi connectivity index (χ2n) is 3.97. The molecular weight excluding hydrogens is 223 g/mol. The summed E-state index contributed by atoms with van der Waals surface area (Å²) in [7, 11) is 0. The molecule has 14 heavy (non-hydrogen) atoms. The molecule has 0 spiro atoms. The van der Waals surface area contributed by atoms with Crippen molar-refractivity contribution in [3.05, 3.63) is 0 Å². The molecule has 2 heterocycles. The normalized spacial score (nSPS) is 30.6. The summed E-state index contributed by atoms with van der Waals surface area (Å²) < 4.78 is 0. The van der Waals surface area contributed by atoms with Crippen molar-refractivity contribution >= 4 is 24.8 Å². The quantitative estimate of drug-likeness (QED) is 0.764. The maximum Gasteiger partial charge on any atom is 0.0443 e. The standard InChI is InChI=1S/C9H18N2O.2ClH/c12-5-1-4-11-6-8-2-3-9(7-11)10-8;;/h8-10,12H,1-7H2;2*1H. The van der Waals surface area contributed by atoms with Crippen molar-refractivity contribution in [1.29, 1.82) is 0 Å². The van der Waals surface area contributed by atoms with E-state index in [-0.39, 0.29) is 24.8 Å². The molecule has 0 aromatic heterocycles. The molecule has 2 bridgehead atoms. The van der Waals surface area contributed by atoms with Crippen LogP contribution in [-0.2, 0) is 0 Å². The summed E-state index contributed by atoms with van der Waals surface area (Å²) in [6.45, 7) is 3.79. The van der Waals surface area contributed by atoms with Gasteiger partial charge in [0.15, 0.2) is 0 Å². The Kier molecular flexibility index (Phi) is 7.08. The van der Waals surface area contributed by atoms with Gasteiger partial charge < -0.3 is 15.3 Å². The minimum absolute atomic E-state index is 0. The fraction of sp³-hybridized carbons (Fsp3) is 1.00. The first-order valence-corrected chi connectivity index (χ1v) is 4.98. The van der Waals surface area contributed by atoms with E-state index in [1.807, 2.05) is 0 Å². The average Bonchev–Trinajstić information content (AvgIpc) is 2.42. The maximum absolute atomic E-state index is 8.70. The second kappa shape index (κ2) is 6.85. The summed E-state index contributed by atoms with van der Waals surface area (Å²) >= 11 is 0. The lowest BCUT2D eigenvalue weighted by molar-refractivity contribution is 0.176. The number of halogens is 2. The number of aliphatic hydroxyl groups is 1. The largest absolute Gasteiger partial charge is 0.396 e. The summed E-state index contributed by atoms with van der Waals surface area (Å²) in [4.78, 5) is 2.48. The van der Waals surface area contributed by atoms with Gasteiger partial charge >= 0.3 is 0 Å². The van der Waals surface area contributed by atoms with Crippen molar-refractivity contribution in [3.63, 3.8) is 0 Å². The molecule has 0 aliphatic carbocycles. The van der Waals surface area contributed by atoms with Gasteiger partial charge in [-0.3, -0.25) is 0 Å². The number of nitrogens with zero attached hydrogens (tertiary/aromatic N) is 1. The Morgan fingerprint density at radius 3 is 2.21 bits per heavy atom. The number of aliphatic hydroxyl groups excluding tert-OH is 1. The van der Waals surface area contributed by atoms with Gasteiger partial charge in [-0.15, -0.1) is 24.8 Å². The zero-order valence-electron chi connectivity index (χ0n) is 8.32. The van der Waals surface area contributed by atoms with Crippen LogP contribution in [0.3, 0.4) is 0 Å². The van der Waals surface area contributed by atoms with Gasteiger partial charge in [-0.05, 0) is 19.3 Å². The van der Waals surface area contributed by atoms with Crippen LogP contribution in [0.4, 0.5) is 0 Å². The first kappa shape index (κ1) is 14.5. The van der Waals surface area contributed by atoms with Crippen LogP contribution in [0, 0.1) is 0 Å².